The van der Waals surface area contributed by atoms with Crippen LogP contribution < -0.4 is 20.4 Å². The van der Waals surface area contributed by atoms with Crippen LogP contribution in [-0.2, 0) is 22.6 Å². The number of rotatable bonds is 11. The maximum absolute atomic E-state index is 15.5. The van der Waals surface area contributed by atoms with E-state index in [4.69, 9.17) is 19.7 Å². The first-order chi connectivity index (χ1) is 24.0. The van der Waals surface area contributed by atoms with Gasteiger partial charge in [0.05, 0.1) is 24.6 Å². The molecule has 7 rings (SSSR count). The fourth-order valence-electron chi connectivity index (χ4n) is 5.86. The van der Waals surface area contributed by atoms with E-state index in [9.17, 15) is 4.79 Å². The van der Waals surface area contributed by atoms with Crippen LogP contribution in [0.2, 0.25) is 0 Å². The zero-order valence-electron chi connectivity index (χ0n) is 26.8. The van der Waals surface area contributed by atoms with E-state index < -0.39 is 0 Å². The van der Waals surface area contributed by atoms with Crippen LogP contribution >= 0.6 is 0 Å². The van der Waals surface area contributed by atoms with Crippen LogP contribution in [0, 0.1) is 5.82 Å². The molecule has 1 amide bonds. The molecule has 0 atom stereocenters. The summed E-state index contributed by atoms with van der Waals surface area (Å²) in [4.78, 5) is 30.9. The molecule has 0 spiro atoms. The molecule has 1 saturated heterocycles. The minimum atomic E-state index is -0.341. The third-order valence-corrected chi connectivity index (χ3v) is 8.24. The molecular formula is C38H35FN8O2. The first-order valence-corrected chi connectivity index (χ1v) is 16.0. The lowest BCUT2D eigenvalue weighted by Crippen LogP contribution is -2.36. The number of aromatic nitrogens is 4. The molecule has 11 heteroatoms. The van der Waals surface area contributed by atoms with E-state index in [1.165, 1.54) is 12.1 Å². The van der Waals surface area contributed by atoms with Gasteiger partial charge in [0, 0.05) is 37.6 Å². The molecule has 6 aromatic rings. The van der Waals surface area contributed by atoms with Gasteiger partial charge in [0.2, 0.25) is 11.9 Å². The Labute approximate surface area is 283 Å². The minimum absolute atomic E-state index is 0.282. The second kappa shape index (κ2) is 14.4. The first kappa shape index (κ1) is 31.5. The van der Waals surface area contributed by atoms with E-state index in [0.29, 0.717) is 73.4 Å². The zero-order chi connectivity index (χ0) is 33.6. The summed E-state index contributed by atoms with van der Waals surface area (Å²) in [5.41, 5.74) is 5.71. The lowest BCUT2D eigenvalue weighted by molar-refractivity contribution is -0.111. The van der Waals surface area contributed by atoms with Gasteiger partial charge in [-0.15, -0.1) is 0 Å². The molecular weight excluding hydrogens is 619 g/mol. The molecule has 1 aliphatic rings. The molecule has 0 unspecified atom stereocenters. The second-order valence-corrected chi connectivity index (χ2v) is 11.6. The van der Waals surface area contributed by atoms with E-state index in [1.54, 1.807) is 18.5 Å². The van der Waals surface area contributed by atoms with E-state index in [0.717, 1.165) is 16.8 Å². The summed E-state index contributed by atoms with van der Waals surface area (Å²) in [6.07, 6.45) is 2.92. The van der Waals surface area contributed by atoms with Gasteiger partial charge in [-0.05, 0) is 53.6 Å². The second-order valence-electron chi connectivity index (χ2n) is 11.6. The van der Waals surface area contributed by atoms with Crippen molar-refractivity contribution in [2.24, 2.45) is 0 Å². The average Bonchev–Trinajstić information content (AvgIpc) is 3.56. The molecule has 0 radical (unpaired) electrons. The summed E-state index contributed by atoms with van der Waals surface area (Å²) in [7, 11) is 0. The van der Waals surface area contributed by atoms with Crippen molar-refractivity contribution in [3.8, 4) is 5.69 Å². The van der Waals surface area contributed by atoms with E-state index in [-0.39, 0.29) is 17.7 Å². The van der Waals surface area contributed by atoms with Gasteiger partial charge in [-0.1, -0.05) is 73.3 Å². The van der Waals surface area contributed by atoms with Crippen molar-refractivity contribution in [2.75, 3.05) is 46.7 Å². The van der Waals surface area contributed by atoms with Gasteiger partial charge in [-0.2, -0.15) is 9.97 Å². The number of benzene rings is 4. The monoisotopic (exact) mass is 654 g/mol. The molecule has 10 nitrogen and oxygen atoms in total. The quantitative estimate of drug-likeness (QED) is 0.146. The van der Waals surface area contributed by atoms with Crippen molar-refractivity contribution in [2.45, 2.75) is 13.1 Å². The molecule has 49 heavy (non-hydrogen) atoms. The predicted octanol–water partition coefficient (Wildman–Crippen LogP) is 6.87. The number of fused-ring (bicyclic) bond motifs is 1. The van der Waals surface area contributed by atoms with E-state index >= 15 is 4.39 Å². The Bertz CT molecular complexity index is 2040. The number of nitrogens with one attached hydrogen (secondary N) is 2. The number of hydrogen-bond donors (Lipinski definition) is 2. The molecule has 0 bridgehead atoms. The molecule has 1 aliphatic heterocycles. The number of anilines is 5. The molecule has 1 fully saturated rings. The number of ether oxygens (including phenoxy) is 1. The topological polar surface area (TPSA) is 100 Å². The van der Waals surface area contributed by atoms with Crippen molar-refractivity contribution >= 4 is 45.9 Å². The lowest BCUT2D eigenvalue weighted by Gasteiger charge is -2.29. The number of hydrogen-bond acceptors (Lipinski definition) is 8. The Kier molecular flexibility index (Phi) is 9.24. The maximum Gasteiger partial charge on any atom is 0.247 e. The maximum atomic E-state index is 15.5. The van der Waals surface area contributed by atoms with Gasteiger partial charge >= 0.3 is 0 Å². The number of carbonyl (C=O) groups is 1. The van der Waals surface area contributed by atoms with Crippen molar-refractivity contribution in [1.82, 2.24) is 19.5 Å². The Balaban J connectivity index is 1.33. The summed E-state index contributed by atoms with van der Waals surface area (Å²) in [5.74, 6) is 0.241. The highest BCUT2D eigenvalue weighted by Crippen LogP contribution is 2.31. The molecule has 246 valence electrons. The van der Waals surface area contributed by atoms with Gasteiger partial charge in [0.15, 0.2) is 17.0 Å². The summed E-state index contributed by atoms with van der Waals surface area (Å²) in [6.45, 7) is 7.05. The summed E-state index contributed by atoms with van der Waals surface area (Å²) in [6, 6.07) is 32.8. The number of imidazole rings is 1. The largest absolute Gasteiger partial charge is 0.378 e. The molecule has 2 aromatic heterocycles. The van der Waals surface area contributed by atoms with Crippen LogP contribution in [0.25, 0.3) is 16.9 Å². The fraction of sp³-hybridized carbons (Fsp3) is 0.158. The summed E-state index contributed by atoms with van der Waals surface area (Å²) in [5, 5.41) is 6.08. The van der Waals surface area contributed by atoms with Crippen LogP contribution in [0.4, 0.5) is 33.2 Å². The molecule has 3 heterocycles. The van der Waals surface area contributed by atoms with Crippen molar-refractivity contribution in [3.63, 3.8) is 0 Å². The SMILES string of the molecule is C=CC(=O)Nc1cccc(-n2cnc3c(N(Cc4ccccc4)Cc4ccccc4)nc(Nc4ccc(N5CCOCC5)c(F)c4)nc32)c1. The third-order valence-electron chi connectivity index (χ3n) is 8.24. The average molecular weight is 655 g/mol. The lowest BCUT2D eigenvalue weighted by atomic mass is 10.1. The third kappa shape index (κ3) is 7.26. The van der Waals surface area contributed by atoms with Gasteiger partial charge in [0.25, 0.3) is 0 Å². The zero-order valence-corrected chi connectivity index (χ0v) is 26.8. The van der Waals surface area contributed by atoms with Crippen molar-refractivity contribution < 1.29 is 13.9 Å². The number of nitrogens with zero attached hydrogens (tertiary/aromatic N) is 6. The van der Waals surface area contributed by atoms with Crippen LogP contribution in [0.15, 0.2) is 122 Å². The first-order valence-electron chi connectivity index (χ1n) is 16.0. The summed E-state index contributed by atoms with van der Waals surface area (Å²) < 4.78 is 22.7. The predicted molar refractivity (Wildman–Crippen MR) is 191 cm³/mol. The Hall–Kier alpha value is -6.07. The van der Waals surface area contributed by atoms with E-state index in [2.05, 4.69) is 46.4 Å². The Morgan fingerprint density at radius 2 is 1.59 bits per heavy atom. The summed E-state index contributed by atoms with van der Waals surface area (Å²) >= 11 is 0. The number of morpholine rings is 1. The number of halogens is 1. The van der Waals surface area contributed by atoms with Gasteiger partial charge in [-0.3, -0.25) is 9.36 Å². The normalized spacial score (nSPS) is 12.9. The van der Waals surface area contributed by atoms with Crippen molar-refractivity contribution in [1.29, 1.82) is 0 Å². The van der Waals surface area contributed by atoms with Crippen LogP contribution in [0.3, 0.4) is 0 Å². The Morgan fingerprint density at radius 1 is 0.878 bits per heavy atom. The Morgan fingerprint density at radius 3 is 2.27 bits per heavy atom. The molecule has 2 N–H and O–H groups in total. The minimum Gasteiger partial charge on any atom is -0.378 e. The highest BCUT2D eigenvalue weighted by molar-refractivity contribution is 5.99. The number of amides is 1. The molecule has 0 saturated carbocycles. The van der Waals surface area contributed by atoms with Gasteiger partial charge in [-0.25, -0.2) is 9.37 Å². The fourth-order valence-corrected chi connectivity index (χ4v) is 5.86. The van der Waals surface area contributed by atoms with Gasteiger partial charge in [0.1, 0.15) is 12.1 Å². The van der Waals surface area contributed by atoms with Crippen LogP contribution in [0.5, 0.6) is 0 Å². The van der Waals surface area contributed by atoms with E-state index in [1.807, 2.05) is 70.1 Å². The smallest absolute Gasteiger partial charge is 0.247 e. The highest BCUT2D eigenvalue weighted by atomic mass is 19.1. The van der Waals surface area contributed by atoms with Crippen LogP contribution in [-0.4, -0.2) is 51.7 Å². The van der Waals surface area contributed by atoms with Gasteiger partial charge < -0.3 is 25.2 Å². The highest BCUT2D eigenvalue weighted by Gasteiger charge is 2.22. The van der Waals surface area contributed by atoms with Crippen molar-refractivity contribution in [3.05, 3.63) is 139 Å². The standard InChI is InChI=1S/C38H35FN8O2/c1-2-34(48)41-29-14-9-15-31(22-29)47-26-40-35-36(46(24-27-10-5-3-6-11-27)25-28-12-7-4-8-13-28)43-38(44-37(35)47)42-30-16-17-33(32(39)23-30)45-18-20-49-21-19-45/h2-17,22-23,26H,1,18-21,24-25H2,(H,41,48)(H,42,43,44). The van der Waals surface area contributed by atoms with Crippen LogP contribution in [0.1, 0.15) is 11.1 Å². The molecule has 0 aliphatic carbocycles. The molecule has 4 aromatic carbocycles. The number of carbonyl (C=O) groups excluding carboxylic acids is 1.